The van der Waals surface area contributed by atoms with E-state index in [9.17, 15) is 9.90 Å². The quantitative estimate of drug-likeness (QED) is 0.818. The molecule has 7 nitrogen and oxygen atoms in total. The van der Waals surface area contributed by atoms with Gasteiger partial charge in [-0.25, -0.2) is 4.68 Å². The molecule has 1 aliphatic carbocycles. The molecule has 1 saturated heterocycles. The number of rotatable bonds is 7. The fraction of sp³-hybridized carbons (Fsp3) is 0.867. The first kappa shape index (κ1) is 15.4. The van der Waals surface area contributed by atoms with Gasteiger partial charge in [0.2, 0.25) is 0 Å². The predicted molar refractivity (Wildman–Crippen MR) is 80.3 cm³/mol. The smallest absolute Gasteiger partial charge is 0.310 e. The number of tetrazole rings is 1. The molecular formula is C15H25N5O2. The number of aromatic nitrogens is 4. The maximum absolute atomic E-state index is 11.8. The number of piperidine rings is 1. The van der Waals surface area contributed by atoms with Crippen molar-refractivity contribution in [3.63, 3.8) is 0 Å². The Balaban J connectivity index is 1.53. The van der Waals surface area contributed by atoms with Crippen molar-refractivity contribution in [1.82, 2.24) is 25.1 Å². The molecule has 2 fully saturated rings. The van der Waals surface area contributed by atoms with Crippen LogP contribution in [0.5, 0.6) is 0 Å². The van der Waals surface area contributed by atoms with E-state index in [-0.39, 0.29) is 0 Å². The van der Waals surface area contributed by atoms with Crippen LogP contribution in [0.2, 0.25) is 0 Å². The van der Waals surface area contributed by atoms with Gasteiger partial charge < -0.3 is 10.0 Å². The monoisotopic (exact) mass is 307 g/mol. The Kier molecular flexibility index (Phi) is 4.42. The zero-order valence-electron chi connectivity index (χ0n) is 13.2. The van der Waals surface area contributed by atoms with Gasteiger partial charge in [0.15, 0.2) is 0 Å². The van der Waals surface area contributed by atoms with E-state index < -0.39 is 11.4 Å². The van der Waals surface area contributed by atoms with Gasteiger partial charge in [0.25, 0.3) is 0 Å². The molecular weight excluding hydrogens is 282 g/mol. The van der Waals surface area contributed by atoms with Crippen LogP contribution in [-0.2, 0) is 11.3 Å². The lowest BCUT2D eigenvalue weighted by atomic mass is 9.75. The number of likely N-dealkylation sites (tertiary alicyclic amines) is 1. The lowest BCUT2D eigenvalue weighted by molar-refractivity contribution is -0.153. The molecule has 2 aliphatic rings. The molecule has 1 saturated carbocycles. The average molecular weight is 307 g/mol. The average Bonchev–Trinajstić information content (AvgIpc) is 3.20. The first-order valence-corrected chi connectivity index (χ1v) is 8.28. The number of nitrogens with zero attached hydrogens (tertiary/aromatic N) is 5. The molecule has 3 rings (SSSR count). The molecule has 0 bridgehead atoms. The van der Waals surface area contributed by atoms with Gasteiger partial charge in [-0.1, -0.05) is 12.8 Å². The van der Waals surface area contributed by atoms with E-state index in [1.54, 1.807) is 4.68 Å². The molecule has 1 aromatic rings. The molecule has 0 radical (unpaired) electrons. The summed E-state index contributed by atoms with van der Waals surface area (Å²) in [4.78, 5) is 14.2. The molecule has 0 spiro atoms. The normalized spacial score (nSPS) is 26.2. The zero-order valence-corrected chi connectivity index (χ0v) is 13.2. The van der Waals surface area contributed by atoms with Gasteiger partial charge in [-0.15, -0.1) is 5.10 Å². The second kappa shape index (κ2) is 6.32. The van der Waals surface area contributed by atoms with Crippen LogP contribution in [0.1, 0.15) is 44.3 Å². The van der Waals surface area contributed by atoms with Crippen molar-refractivity contribution in [2.75, 3.05) is 19.6 Å². The van der Waals surface area contributed by atoms with Crippen molar-refractivity contribution in [1.29, 1.82) is 0 Å². The lowest BCUT2D eigenvalue weighted by Crippen LogP contribution is -2.48. The maximum Gasteiger partial charge on any atom is 0.310 e. The summed E-state index contributed by atoms with van der Waals surface area (Å²) in [6.07, 6.45) is 6.07. The first-order valence-electron chi connectivity index (χ1n) is 8.28. The van der Waals surface area contributed by atoms with Crippen molar-refractivity contribution in [3.05, 3.63) is 5.82 Å². The molecule has 0 amide bonds. The van der Waals surface area contributed by atoms with E-state index in [1.807, 2.05) is 6.92 Å². The molecule has 22 heavy (non-hydrogen) atoms. The van der Waals surface area contributed by atoms with Crippen molar-refractivity contribution in [3.8, 4) is 0 Å². The Labute approximate surface area is 130 Å². The van der Waals surface area contributed by atoms with Crippen LogP contribution in [0.25, 0.3) is 0 Å². The minimum atomic E-state index is -0.597. The van der Waals surface area contributed by atoms with Crippen LogP contribution in [-0.4, -0.2) is 55.8 Å². The molecule has 1 atom stereocenters. The summed E-state index contributed by atoms with van der Waals surface area (Å²) in [6.45, 7) is 5.31. The second-order valence-electron chi connectivity index (χ2n) is 6.92. The second-order valence-corrected chi connectivity index (χ2v) is 6.92. The minimum absolute atomic E-state index is 0.510. The lowest BCUT2D eigenvalue weighted by Gasteiger charge is -2.40. The molecule has 2 heterocycles. The van der Waals surface area contributed by atoms with Crippen LogP contribution < -0.4 is 0 Å². The summed E-state index contributed by atoms with van der Waals surface area (Å²) in [5.74, 6) is 0.882. The number of carboxylic acid groups (broad SMARTS) is 1. The number of aryl methyl sites for hydroxylation is 2. The summed E-state index contributed by atoms with van der Waals surface area (Å²) in [5, 5.41) is 21.2. The number of carboxylic acids is 1. The van der Waals surface area contributed by atoms with Crippen molar-refractivity contribution >= 4 is 5.97 Å². The fourth-order valence-electron chi connectivity index (χ4n) is 3.62. The van der Waals surface area contributed by atoms with E-state index in [0.717, 1.165) is 51.1 Å². The fourth-order valence-corrected chi connectivity index (χ4v) is 3.62. The SMILES string of the molecule is Cc1nnnn1CCCN1CCC[C@](CC2CC2)(C(=O)O)C1. The van der Waals surface area contributed by atoms with E-state index >= 15 is 0 Å². The molecule has 1 aliphatic heterocycles. The minimum Gasteiger partial charge on any atom is -0.481 e. The van der Waals surface area contributed by atoms with Gasteiger partial charge in [-0.2, -0.15) is 0 Å². The largest absolute Gasteiger partial charge is 0.481 e. The highest BCUT2D eigenvalue weighted by Crippen LogP contribution is 2.44. The summed E-state index contributed by atoms with van der Waals surface area (Å²) >= 11 is 0. The van der Waals surface area contributed by atoms with Crippen LogP contribution in [0.4, 0.5) is 0 Å². The topological polar surface area (TPSA) is 84.1 Å². The van der Waals surface area contributed by atoms with Crippen LogP contribution in [0.15, 0.2) is 0 Å². The maximum atomic E-state index is 11.8. The number of hydrogen-bond donors (Lipinski definition) is 1. The van der Waals surface area contributed by atoms with E-state index in [4.69, 9.17) is 0 Å². The third kappa shape index (κ3) is 3.45. The molecule has 122 valence electrons. The van der Waals surface area contributed by atoms with Gasteiger partial charge in [0.1, 0.15) is 5.82 Å². The Hall–Kier alpha value is -1.50. The first-order chi connectivity index (χ1) is 10.6. The van der Waals surface area contributed by atoms with Crippen molar-refractivity contribution < 1.29 is 9.90 Å². The highest BCUT2D eigenvalue weighted by molar-refractivity contribution is 5.75. The highest BCUT2D eigenvalue weighted by Gasteiger charge is 2.45. The molecule has 0 aromatic carbocycles. The van der Waals surface area contributed by atoms with E-state index in [2.05, 4.69) is 20.4 Å². The molecule has 1 aromatic heterocycles. The summed E-state index contributed by atoms with van der Waals surface area (Å²) in [5.41, 5.74) is -0.510. The van der Waals surface area contributed by atoms with Gasteiger partial charge in [0, 0.05) is 13.1 Å². The van der Waals surface area contributed by atoms with Crippen LogP contribution >= 0.6 is 0 Å². The molecule has 1 N–H and O–H groups in total. The Morgan fingerprint density at radius 2 is 2.23 bits per heavy atom. The highest BCUT2D eigenvalue weighted by atomic mass is 16.4. The Morgan fingerprint density at radius 1 is 1.41 bits per heavy atom. The van der Waals surface area contributed by atoms with Crippen LogP contribution in [0, 0.1) is 18.3 Å². The summed E-state index contributed by atoms with van der Waals surface area (Å²) in [7, 11) is 0. The van der Waals surface area contributed by atoms with E-state index in [0.29, 0.717) is 12.5 Å². The molecule has 7 heteroatoms. The van der Waals surface area contributed by atoms with Gasteiger partial charge >= 0.3 is 5.97 Å². The summed E-state index contributed by atoms with van der Waals surface area (Å²) < 4.78 is 1.80. The van der Waals surface area contributed by atoms with Crippen molar-refractivity contribution in [2.45, 2.75) is 52.0 Å². The third-order valence-corrected chi connectivity index (χ3v) is 5.04. The number of hydrogen-bond acceptors (Lipinski definition) is 5. The Morgan fingerprint density at radius 3 is 2.86 bits per heavy atom. The molecule has 0 unspecified atom stereocenters. The number of carbonyl (C=O) groups is 1. The summed E-state index contributed by atoms with van der Waals surface area (Å²) in [6, 6.07) is 0. The van der Waals surface area contributed by atoms with Crippen molar-refractivity contribution in [2.24, 2.45) is 11.3 Å². The van der Waals surface area contributed by atoms with Gasteiger partial charge in [0.05, 0.1) is 5.41 Å². The van der Waals surface area contributed by atoms with Gasteiger partial charge in [-0.3, -0.25) is 4.79 Å². The zero-order chi connectivity index (χ0) is 15.6. The van der Waals surface area contributed by atoms with E-state index in [1.165, 1.54) is 12.8 Å². The number of aliphatic carboxylic acids is 1. The predicted octanol–water partition coefficient (Wildman–Crippen LogP) is 1.34. The standard InChI is InChI=1S/C15H25N5O2/c1-12-16-17-18-20(12)9-3-8-19-7-2-6-15(11-19,14(21)22)10-13-4-5-13/h13H,2-11H2,1H3,(H,21,22)/t15-/m1/s1. The van der Waals surface area contributed by atoms with Gasteiger partial charge in [-0.05, 0) is 62.0 Å². The third-order valence-electron chi connectivity index (χ3n) is 5.04. The van der Waals surface area contributed by atoms with Crippen LogP contribution in [0.3, 0.4) is 0 Å². The Bertz CT molecular complexity index is 528.